The average Bonchev–Trinajstić information content (AvgIpc) is 3.79. The summed E-state index contributed by atoms with van der Waals surface area (Å²) in [5.74, 6) is 0. The smallest absolute Gasteiger partial charge is 0.211 e. The number of para-hydroxylation sites is 5. The molecule has 47 heavy (non-hydrogen) atoms. The van der Waals surface area contributed by atoms with Crippen LogP contribution in [0.3, 0.4) is 0 Å². The molecule has 4 nitrogen and oxygen atoms in total. The summed E-state index contributed by atoms with van der Waals surface area (Å²) in [6, 6.07) is 52.8. The second-order valence-electron chi connectivity index (χ2n) is 12.0. The van der Waals surface area contributed by atoms with E-state index in [0.29, 0.717) is 5.69 Å². The van der Waals surface area contributed by atoms with Gasteiger partial charge in [0.15, 0.2) is 0 Å². The van der Waals surface area contributed by atoms with E-state index in [-0.39, 0.29) is 0 Å². The molecule has 3 aromatic heterocycles. The van der Waals surface area contributed by atoms with Crippen LogP contribution in [0.2, 0.25) is 0 Å². The second kappa shape index (κ2) is 9.71. The van der Waals surface area contributed by atoms with Crippen molar-refractivity contribution in [3.05, 3.63) is 163 Å². The fourth-order valence-electron chi connectivity index (χ4n) is 7.58. The molecule has 0 aliphatic heterocycles. The highest BCUT2D eigenvalue weighted by molar-refractivity contribution is 6.23. The van der Waals surface area contributed by atoms with Crippen molar-refractivity contribution in [2.24, 2.45) is 0 Å². The fourth-order valence-corrected chi connectivity index (χ4v) is 7.58. The zero-order valence-corrected chi connectivity index (χ0v) is 25.2. The van der Waals surface area contributed by atoms with Crippen LogP contribution in [-0.4, -0.2) is 9.13 Å². The second-order valence-corrected chi connectivity index (χ2v) is 12.0. The maximum absolute atomic E-state index is 8.20. The first-order valence-corrected chi connectivity index (χ1v) is 15.7. The molecular formula is C43H25N3O. The van der Waals surface area contributed by atoms with Gasteiger partial charge in [0.1, 0.15) is 11.2 Å². The summed E-state index contributed by atoms with van der Waals surface area (Å²) < 4.78 is 11.1. The molecule has 0 spiro atoms. The quantitative estimate of drug-likeness (QED) is 0.186. The Morgan fingerprint density at radius 2 is 1.13 bits per heavy atom. The number of hydrogen-bond acceptors (Lipinski definition) is 1. The van der Waals surface area contributed by atoms with E-state index in [4.69, 9.17) is 11.0 Å². The molecule has 0 N–H and O–H groups in total. The van der Waals surface area contributed by atoms with Crippen molar-refractivity contribution in [3.8, 4) is 22.5 Å². The van der Waals surface area contributed by atoms with E-state index < -0.39 is 0 Å². The first-order chi connectivity index (χ1) is 23.3. The molecule has 0 amide bonds. The van der Waals surface area contributed by atoms with Gasteiger partial charge in [-0.3, -0.25) is 0 Å². The molecule has 7 aromatic carbocycles. The van der Waals surface area contributed by atoms with Crippen molar-refractivity contribution in [3.63, 3.8) is 0 Å². The van der Waals surface area contributed by atoms with Crippen LogP contribution in [0.1, 0.15) is 0 Å². The van der Waals surface area contributed by atoms with E-state index in [1.54, 1.807) is 0 Å². The van der Waals surface area contributed by atoms with Gasteiger partial charge >= 0.3 is 0 Å². The lowest BCUT2D eigenvalue weighted by Gasteiger charge is -2.17. The van der Waals surface area contributed by atoms with Gasteiger partial charge in [-0.25, -0.2) is 4.85 Å². The minimum Gasteiger partial charge on any atom is -0.455 e. The molecule has 10 aromatic rings. The van der Waals surface area contributed by atoms with Gasteiger partial charge in [-0.05, 0) is 59.7 Å². The summed E-state index contributed by atoms with van der Waals surface area (Å²) in [4.78, 5) is 4.04. The summed E-state index contributed by atoms with van der Waals surface area (Å²) in [6.45, 7) is 8.20. The number of fused-ring (bicyclic) bond motifs is 10. The Labute approximate surface area is 269 Å². The van der Waals surface area contributed by atoms with Crippen LogP contribution in [0.25, 0.3) is 92.9 Å². The van der Waals surface area contributed by atoms with Crippen LogP contribution >= 0.6 is 0 Å². The van der Waals surface area contributed by atoms with E-state index in [1.807, 2.05) is 24.3 Å². The fraction of sp³-hybridized carbons (Fsp3) is 0. The van der Waals surface area contributed by atoms with Crippen molar-refractivity contribution >= 4 is 71.2 Å². The minimum absolute atomic E-state index is 0.614. The lowest BCUT2D eigenvalue weighted by atomic mass is 10.0. The van der Waals surface area contributed by atoms with Gasteiger partial charge < -0.3 is 13.6 Å². The number of furan rings is 1. The summed E-state index contributed by atoms with van der Waals surface area (Å²) in [7, 11) is 0. The number of hydrogen-bond donors (Lipinski definition) is 0. The Morgan fingerprint density at radius 3 is 1.87 bits per heavy atom. The lowest BCUT2D eigenvalue weighted by molar-refractivity contribution is 0.673. The number of benzene rings is 7. The first kappa shape index (κ1) is 25.7. The third-order valence-electron chi connectivity index (χ3n) is 9.53. The third-order valence-corrected chi connectivity index (χ3v) is 9.53. The third kappa shape index (κ3) is 3.57. The molecule has 0 radical (unpaired) electrons. The van der Waals surface area contributed by atoms with Gasteiger partial charge in [0.25, 0.3) is 0 Å². The van der Waals surface area contributed by atoms with Crippen molar-refractivity contribution < 1.29 is 4.42 Å². The topological polar surface area (TPSA) is 27.4 Å². The summed E-state index contributed by atoms with van der Waals surface area (Å²) in [5.41, 5.74) is 10.8. The lowest BCUT2D eigenvalue weighted by Crippen LogP contribution is -1.99. The van der Waals surface area contributed by atoms with Crippen LogP contribution in [0.4, 0.5) is 5.69 Å². The summed E-state index contributed by atoms with van der Waals surface area (Å²) in [5, 5.41) is 6.85. The zero-order valence-electron chi connectivity index (χ0n) is 25.2. The maximum Gasteiger partial charge on any atom is 0.211 e. The maximum atomic E-state index is 8.20. The molecule has 10 rings (SSSR count). The highest BCUT2D eigenvalue weighted by Crippen LogP contribution is 2.43. The van der Waals surface area contributed by atoms with Gasteiger partial charge in [0.2, 0.25) is 5.69 Å². The monoisotopic (exact) mass is 599 g/mol. The summed E-state index contributed by atoms with van der Waals surface area (Å²) in [6.07, 6.45) is 0. The van der Waals surface area contributed by atoms with Crippen molar-refractivity contribution in [2.75, 3.05) is 0 Å². The van der Waals surface area contributed by atoms with Gasteiger partial charge in [-0.2, -0.15) is 0 Å². The van der Waals surface area contributed by atoms with Crippen molar-refractivity contribution in [1.82, 2.24) is 9.13 Å². The molecule has 0 fully saturated rings. The molecule has 0 aliphatic carbocycles. The van der Waals surface area contributed by atoms with Gasteiger partial charge in [0.05, 0.1) is 39.7 Å². The standard InChI is InChI=1S/C43H25N3O/c1-44-35-19-11-18-29(42(35)46-36-20-6-2-14-30(36)31-15-3-7-21-37(31)46)27-12-10-13-28(26-27)45-38-22-8-4-17-34(38)41-39(45)25-24-33-32-16-5-9-23-40(32)47-43(33)41/h2-26H. The predicted octanol–water partition coefficient (Wildman–Crippen LogP) is 12.0. The van der Waals surface area contributed by atoms with E-state index >= 15 is 0 Å². The number of nitrogens with zero attached hydrogens (tertiary/aromatic N) is 3. The van der Waals surface area contributed by atoms with E-state index in [0.717, 1.165) is 77.3 Å². The Morgan fingerprint density at radius 1 is 0.489 bits per heavy atom. The van der Waals surface area contributed by atoms with E-state index in [1.165, 1.54) is 10.8 Å². The minimum atomic E-state index is 0.614. The van der Waals surface area contributed by atoms with Crippen LogP contribution < -0.4 is 0 Å². The van der Waals surface area contributed by atoms with Crippen LogP contribution in [-0.2, 0) is 0 Å². The molecular weight excluding hydrogens is 574 g/mol. The first-order valence-electron chi connectivity index (χ1n) is 15.7. The molecule has 218 valence electrons. The van der Waals surface area contributed by atoms with E-state index in [9.17, 15) is 0 Å². The molecule has 0 unspecified atom stereocenters. The van der Waals surface area contributed by atoms with Gasteiger partial charge in [0, 0.05) is 32.6 Å². The highest BCUT2D eigenvalue weighted by atomic mass is 16.3. The Bertz CT molecular complexity index is 2880. The molecule has 4 heteroatoms. The molecule has 0 aliphatic rings. The Kier molecular flexibility index (Phi) is 5.32. The van der Waals surface area contributed by atoms with E-state index in [2.05, 4.69) is 141 Å². The summed E-state index contributed by atoms with van der Waals surface area (Å²) >= 11 is 0. The molecule has 0 atom stereocenters. The predicted molar refractivity (Wildman–Crippen MR) is 194 cm³/mol. The zero-order chi connectivity index (χ0) is 31.1. The van der Waals surface area contributed by atoms with Crippen LogP contribution in [0.5, 0.6) is 0 Å². The normalized spacial score (nSPS) is 11.8. The number of aromatic nitrogens is 2. The van der Waals surface area contributed by atoms with Gasteiger partial charge in [-0.1, -0.05) is 103 Å². The van der Waals surface area contributed by atoms with Crippen LogP contribution in [0, 0.1) is 6.57 Å². The van der Waals surface area contributed by atoms with Crippen molar-refractivity contribution in [1.29, 1.82) is 0 Å². The molecule has 0 bridgehead atoms. The average molecular weight is 600 g/mol. The number of rotatable bonds is 3. The SMILES string of the molecule is [C-]#[N+]c1cccc(-c2cccc(-n3c4ccccc4c4c5oc6ccccc6c5ccc43)c2)c1-n1c2ccccc2c2ccccc21. The molecule has 0 saturated carbocycles. The Balaban J connectivity index is 1.25. The van der Waals surface area contributed by atoms with Crippen molar-refractivity contribution in [2.45, 2.75) is 0 Å². The Hall–Kier alpha value is -6.57. The van der Waals surface area contributed by atoms with Gasteiger partial charge in [-0.15, -0.1) is 0 Å². The largest absolute Gasteiger partial charge is 0.455 e. The van der Waals surface area contributed by atoms with Crippen LogP contribution in [0.15, 0.2) is 156 Å². The highest BCUT2D eigenvalue weighted by Gasteiger charge is 2.21. The molecule has 0 saturated heterocycles. The molecule has 3 heterocycles.